The molecule has 0 saturated carbocycles. The molecule has 1 aromatic heterocycles. The van der Waals surface area contributed by atoms with Crippen molar-refractivity contribution in [1.82, 2.24) is 20.2 Å². The molecule has 8 heteroatoms. The number of para-hydroxylation sites is 3. The lowest BCUT2D eigenvalue weighted by molar-refractivity contribution is -0.115. The lowest BCUT2D eigenvalue weighted by Gasteiger charge is -2.16. The van der Waals surface area contributed by atoms with Gasteiger partial charge in [-0.05, 0) is 34.7 Å². The molecule has 0 radical (unpaired) electrons. The van der Waals surface area contributed by atoms with Crippen LogP contribution in [0.4, 0.5) is 5.69 Å². The van der Waals surface area contributed by atoms with E-state index in [2.05, 4.69) is 15.5 Å². The van der Waals surface area contributed by atoms with Gasteiger partial charge in [-0.25, -0.2) is 0 Å². The summed E-state index contributed by atoms with van der Waals surface area (Å²) in [7, 11) is 3.34. The van der Waals surface area contributed by atoms with E-state index in [1.807, 2.05) is 54.6 Å². The van der Waals surface area contributed by atoms with Crippen molar-refractivity contribution >= 4 is 23.4 Å². The Morgan fingerprint density at radius 3 is 2.64 bits per heavy atom. The molecule has 7 nitrogen and oxygen atoms in total. The summed E-state index contributed by atoms with van der Waals surface area (Å²) in [4.78, 5) is 14.0. The largest absolute Gasteiger partial charge is 0.494 e. The Bertz CT molecular complexity index is 853. The van der Waals surface area contributed by atoms with E-state index in [1.165, 1.54) is 11.8 Å². The van der Waals surface area contributed by atoms with Crippen LogP contribution in [-0.2, 0) is 4.79 Å². The molecule has 3 rings (SSSR count). The maximum Gasteiger partial charge on any atom is 0.237 e. The van der Waals surface area contributed by atoms with Crippen LogP contribution in [0, 0.1) is 0 Å². The predicted molar refractivity (Wildman–Crippen MR) is 96.3 cm³/mol. The fraction of sp³-hybridized carbons (Fsp3) is 0.176. The Balaban J connectivity index is 1.73. The molecule has 25 heavy (non-hydrogen) atoms. The number of tetrazole rings is 1. The standard InChI is InChI=1S/C17H17N5O2S/c1-21(13-8-4-3-5-9-13)16(23)12-25-17-18-19-20-22(17)14-10-6-7-11-15(14)24-2/h3-11H,12H2,1-2H3. The minimum atomic E-state index is -0.0363. The molecule has 0 atom stereocenters. The maximum atomic E-state index is 12.4. The van der Waals surface area contributed by atoms with E-state index in [9.17, 15) is 4.79 Å². The molecule has 0 aliphatic heterocycles. The first-order valence-corrected chi connectivity index (χ1v) is 8.55. The number of hydrogen-bond acceptors (Lipinski definition) is 6. The monoisotopic (exact) mass is 355 g/mol. The van der Waals surface area contributed by atoms with Gasteiger partial charge in [0.15, 0.2) is 0 Å². The molecular weight excluding hydrogens is 338 g/mol. The topological polar surface area (TPSA) is 73.1 Å². The fourth-order valence-corrected chi connectivity index (χ4v) is 3.04. The third-order valence-electron chi connectivity index (χ3n) is 3.60. The first kappa shape index (κ1) is 17.0. The zero-order valence-corrected chi connectivity index (χ0v) is 14.7. The zero-order chi connectivity index (χ0) is 17.6. The van der Waals surface area contributed by atoms with Crippen molar-refractivity contribution in [3.63, 3.8) is 0 Å². The molecule has 128 valence electrons. The summed E-state index contributed by atoms with van der Waals surface area (Å²) in [6, 6.07) is 16.9. The second kappa shape index (κ2) is 7.80. The van der Waals surface area contributed by atoms with Crippen LogP contribution in [0.25, 0.3) is 5.69 Å². The van der Waals surface area contributed by atoms with E-state index in [4.69, 9.17) is 4.74 Å². The van der Waals surface area contributed by atoms with E-state index in [-0.39, 0.29) is 11.7 Å². The van der Waals surface area contributed by atoms with Gasteiger partial charge in [-0.1, -0.05) is 42.1 Å². The number of amides is 1. The second-order valence-corrected chi connectivity index (χ2v) is 6.06. The Morgan fingerprint density at radius 2 is 1.88 bits per heavy atom. The van der Waals surface area contributed by atoms with Gasteiger partial charge in [0.05, 0.1) is 12.9 Å². The van der Waals surface area contributed by atoms with Crippen molar-refractivity contribution in [3.8, 4) is 11.4 Å². The highest BCUT2D eigenvalue weighted by Gasteiger charge is 2.16. The Morgan fingerprint density at radius 1 is 1.16 bits per heavy atom. The summed E-state index contributed by atoms with van der Waals surface area (Å²) in [5, 5.41) is 12.3. The molecule has 0 bridgehead atoms. The number of carbonyl (C=O) groups is 1. The average molecular weight is 355 g/mol. The molecule has 0 saturated heterocycles. The van der Waals surface area contributed by atoms with Crippen molar-refractivity contribution in [2.45, 2.75) is 5.16 Å². The van der Waals surface area contributed by atoms with Gasteiger partial charge in [0.1, 0.15) is 11.4 Å². The molecule has 0 aliphatic rings. The number of thioether (sulfide) groups is 1. The van der Waals surface area contributed by atoms with E-state index in [0.29, 0.717) is 10.9 Å². The van der Waals surface area contributed by atoms with E-state index in [0.717, 1.165) is 11.4 Å². The molecular formula is C17H17N5O2S. The van der Waals surface area contributed by atoms with Crippen LogP contribution in [0.2, 0.25) is 0 Å². The Kier molecular flexibility index (Phi) is 5.30. The molecule has 0 aliphatic carbocycles. The first-order chi connectivity index (χ1) is 12.2. The number of carbonyl (C=O) groups excluding carboxylic acids is 1. The van der Waals surface area contributed by atoms with Gasteiger partial charge in [-0.3, -0.25) is 4.79 Å². The van der Waals surface area contributed by atoms with Crippen molar-refractivity contribution in [1.29, 1.82) is 0 Å². The minimum Gasteiger partial charge on any atom is -0.494 e. The van der Waals surface area contributed by atoms with Gasteiger partial charge >= 0.3 is 0 Å². The SMILES string of the molecule is COc1ccccc1-n1nnnc1SCC(=O)N(C)c1ccccc1. The number of nitrogens with zero attached hydrogens (tertiary/aromatic N) is 5. The van der Waals surface area contributed by atoms with Crippen molar-refractivity contribution < 1.29 is 9.53 Å². The molecule has 0 spiro atoms. The Hall–Kier alpha value is -2.87. The summed E-state index contributed by atoms with van der Waals surface area (Å²) in [5.74, 6) is 0.844. The highest BCUT2D eigenvalue weighted by Crippen LogP contribution is 2.25. The predicted octanol–water partition coefficient (Wildman–Crippen LogP) is 2.43. The number of aromatic nitrogens is 4. The van der Waals surface area contributed by atoms with Crippen LogP contribution in [0.3, 0.4) is 0 Å². The van der Waals surface area contributed by atoms with Gasteiger partial charge < -0.3 is 9.64 Å². The van der Waals surface area contributed by atoms with Crippen molar-refractivity contribution in [2.24, 2.45) is 0 Å². The van der Waals surface area contributed by atoms with Gasteiger partial charge in [-0.2, -0.15) is 4.68 Å². The molecule has 0 fully saturated rings. The minimum absolute atomic E-state index is 0.0363. The normalized spacial score (nSPS) is 10.5. The summed E-state index contributed by atoms with van der Waals surface area (Å²) in [6.45, 7) is 0. The van der Waals surface area contributed by atoms with E-state index >= 15 is 0 Å². The molecule has 2 aromatic carbocycles. The van der Waals surface area contributed by atoms with Crippen LogP contribution in [-0.4, -0.2) is 46.0 Å². The van der Waals surface area contributed by atoms with Crippen LogP contribution in [0.15, 0.2) is 59.8 Å². The summed E-state index contributed by atoms with van der Waals surface area (Å²) in [5.41, 5.74) is 1.57. The van der Waals surface area contributed by atoms with Gasteiger partial charge in [0.2, 0.25) is 11.1 Å². The molecule has 0 unspecified atom stereocenters. The zero-order valence-electron chi connectivity index (χ0n) is 13.9. The number of benzene rings is 2. The third kappa shape index (κ3) is 3.80. The molecule has 3 aromatic rings. The van der Waals surface area contributed by atoms with Gasteiger partial charge in [0.25, 0.3) is 0 Å². The number of ether oxygens (including phenoxy) is 1. The van der Waals surface area contributed by atoms with Crippen LogP contribution in [0.5, 0.6) is 5.75 Å². The van der Waals surface area contributed by atoms with Crippen molar-refractivity contribution in [2.75, 3.05) is 24.8 Å². The summed E-state index contributed by atoms with van der Waals surface area (Å²) in [6.07, 6.45) is 0. The van der Waals surface area contributed by atoms with E-state index in [1.54, 1.807) is 23.7 Å². The molecule has 1 amide bonds. The number of rotatable bonds is 6. The van der Waals surface area contributed by atoms with Crippen LogP contribution < -0.4 is 9.64 Å². The first-order valence-electron chi connectivity index (χ1n) is 7.57. The lowest BCUT2D eigenvalue weighted by atomic mass is 10.3. The highest BCUT2D eigenvalue weighted by atomic mass is 32.2. The van der Waals surface area contributed by atoms with E-state index < -0.39 is 0 Å². The molecule has 0 N–H and O–H groups in total. The lowest BCUT2D eigenvalue weighted by Crippen LogP contribution is -2.27. The van der Waals surface area contributed by atoms with Gasteiger partial charge in [-0.15, -0.1) is 5.10 Å². The third-order valence-corrected chi connectivity index (χ3v) is 4.50. The highest BCUT2D eigenvalue weighted by molar-refractivity contribution is 7.99. The van der Waals surface area contributed by atoms with Crippen LogP contribution in [0.1, 0.15) is 0 Å². The summed E-state index contributed by atoms with van der Waals surface area (Å²) >= 11 is 1.28. The van der Waals surface area contributed by atoms with Crippen molar-refractivity contribution in [3.05, 3.63) is 54.6 Å². The maximum absolute atomic E-state index is 12.4. The second-order valence-electron chi connectivity index (χ2n) is 5.12. The number of anilines is 1. The Labute approximate surface area is 149 Å². The fourth-order valence-electron chi connectivity index (χ4n) is 2.24. The summed E-state index contributed by atoms with van der Waals surface area (Å²) < 4.78 is 6.91. The molecule has 1 heterocycles. The quantitative estimate of drug-likeness (QED) is 0.632. The average Bonchev–Trinajstić information content (AvgIpc) is 3.14. The van der Waals surface area contributed by atoms with Crippen LogP contribution >= 0.6 is 11.8 Å². The number of methoxy groups -OCH3 is 1. The number of hydrogen-bond donors (Lipinski definition) is 0. The van der Waals surface area contributed by atoms with Gasteiger partial charge in [0, 0.05) is 12.7 Å². The smallest absolute Gasteiger partial charge is 0.237 e.